The number of alkyl carbamates (subject to hydrolysis) is 1. The van der Waals surface area contributed by atoms with Crippen molar-refractivity contribution in [1.82, 2.24) is 10.3 Å². The summed E-state index contributed by atoms with van der Waals surface area (Å²) in [4.78, 5) is 32.7. The largest absolute Gasteiger partial charge is 0.444 e. The smallest absolute Gasteiger partial charge is 0.413 e. The van der Waals surface area contributed by atoms with Crippen LogP contribution in [0.5, 0.6) is 0 Å². The third-order valence-electron chi connectivity index (χ3n) is 5.06. The van der Waals surface area contributed by atoms with E-state index in [-0.39, 0.29) is 23.8 Å². The first-order valence-electron chi connectivity index (χ1n) is 10.9. The zero-order valence-corrected chi connectivity index (χ0v) is 19.8. The lowest BCUT2D eigenvalue weighted by Gasteiger charge is -2.34. The van der Waals surface area contributed by atoms with Gasteiger partial charge in [0.15, 0.2) is 5.54 Å². The molecule has 2 N–H and O–H groups in total. The molecular weight excluding hydrogens is 465 g/mol. The van der Waals surface area contributed by atoms with Gasteiger partial charge in [-0.1, -0.05) is 13.0 Å². The van der Waals surface area contributed by atoms with Crippen LogP contribution in [-0.2, 0) is 21.4 Å². The number of amidine groups is 1. The zero-order valence-electron chi connectivity index (χ0n) is 19.8. The molecule has 188 valence electrons. The second-order valence-electron chi connectivity index (χ2n) is 8.96. The number of nitrogens with zero attached hydrogens (tertiary/aromatic N) is 2. The fourth-order valence-corrected chi connectivity index (χ4v) is 3.36. The van der Waals surface area contributed by atoms with Gasteiger partial charge in [0.25, 0.3) is 12.3 Å². The number of hydrogen-bond donors (Lipinski definition) is 2. The number of alkyl halides is 2. The lowest BCUT2D eigenvalue weighted by Crippen LogP contribution is -2.48. The Morgan fingerprint density at radius 1 is 1.20 bits per heavy atom. The van der Waals surface area contributed by atoms with Crippen molar-refractivity contribution < 1.29 is 32.2 Å². The summed E-state index contributed by atoms with van der Waals surface area (Å²) in [5, 5.41) is 4.82. The number of rotatable bonds is 5. The summed E-state index contributed by atoms with van der Waals surface area (Å²) in [5.74, 6) is -1.80. The van der Waals surface area contributed by atoms with Gasteiger partial charge >= 0.3 is 6.09 Å². The quantitative estimate of drug-likeness (QED) is 0.642. The van der Waals surface area contributed by atoms with Crippen molar-refractivity contribution in [2.75, 3.05) is 18.5 Å². The number of halogens is 3. The molecule has 1 aliphatic heterocycles. The second-order valence-corrected chi connectivity index (χ2v) is 8.96. The number of aromatic nitrogens is 1. The molecule has 2 heterocycles. The van der Waals surface area contributed by atoms with E-state index in [0.717, 1.165) is 24.1 Å². The molecule has 2 amide bonds. The Kier molecular flexibility index (Phi) is 7.79. The standard InChI is InChI=1S/C24H27F3N4O4/c1-5-14-6-9-18(28-11-14)20(32)29-15-7-8-17(25)16(10-15)24(21(26)27)13-34-12-19(31-24)30-22(33)35-23(2,3)4/h6-11,21H,5,12-13H2,1-4H3,(H,29,32)(H,30,31,33)/t24-/m0/s1. The molecule has 0 unspecified atom stereocenters. The Morgan fingerprint density at radius 3 is 2.54 bits per heavy atom. The highest BCUT2D eigenvalue weighted by molar-refractivity contribution is 6.03. The molecule has 0 bridgehead atoms. The van der Waals surface area contributed by atoms with Crippen LogP contribution in [0.15, 0.2) is 41.5 Å². The molecule has 11 heteroatoms. The Labute approximate surface area is 200 Å². The van der Waals surface area contributed by atoms with E-state index in [1.807, 2.05) is 6.92 Å². The average Bonchev–Trinajstić information content (AvgIpc) is 2.79. The fourth-order valence-electron chi connectivity index (χ4n) is 3.36. The van der Waals surface area contributed by atoms with Crippen LogP contribution in [0, 0.1) is 5.82 Å². The van der Waals surface area contributed by atoms with Crippen molar-refractivity contribution in [3.8, 4) is 0 Å². The van der Waals surface area contributed by atoms with Gasteiger partial charge in [-0.2, -0.15) is 0 Å². The molecule has 0 saturated carbocycles. The van der Waals surface area contributed by atoms with Crippen molar-refractivity contribution in [3.63, 3.8) is 0 Å². The predicted molar refractivity (Wildman–Crippen MR) is 123 cm³/mol. The first-order valence-corrected chi connectivity index (χ1v) is 10.9. The van der Waals surface area contributed by atoms with Crippen molar-refractivity contribution in [2.24, 2.45) is 4.99 Å². The summed E-state index contributed by atoms with van der Waals surface area (Å²) >= 11 is 0. The molecule has 1 aromatic carbocycles. The molecule has 1 aliphatic rings. The summed E-state index contributed by atoms with van der Waals surface area (Å²) in [5.41, 5.74) is -2.66. The lowest BCUT2D eigenvalue weighted by atomic mass is 9.90. The molecule has 35 heavy (non-hydrogen) atoms. The molecule has 0 fully saturated rings. The topological polar surface area (TPSA) is 102 Å². The minimum Gasteiger partial charge on any atom is -0.444 e. The van der Waals surface area contributed by atoms with Gasteiger partial charge in [-0.05, 0) is 57.0 Å². The lowest BCUT2D eigenvalue weighted by molar-refractivity contribution is -0.0156. The molecule has 0 radical (unpaired) electrons. The van der Waals surface area contributed by atoms with E-state index >= 15 is 0 Å². The van der Waals surface area contributed by atoms with E-state index in [4.69, 9.17) is 9.47 Å². The van der Waals surface area contributed by atoms with Crippen LogP contribution in [0.3, 0.4) is 0 Å². The summed E-state index contributed by atoms with van der Waals surface area (Å²) < 4.78 is 53.9. The Balaban J connectivity index is 1.90. The Morgan fingerprint density at radius 2 is 1.94 bits per heavy atom. The number of ether oxygens (including phenoxy) is 2. The number of aliphatic imine (C=N–C) groups is 1. The third-order valence-corrected chi connectivity index (χ3v) is 5.06. The Bertz CT molecular complexity index is 1120. The first-order chi connectivity index (χ1) is 16.4. The predicted octanol–water partition coefficient (Wildman–Crippen LogP) is 4.45. The number of carbonyl (C=O) groups is 2. The highest BCUT2D eigenvalue weighted by Gasteiger charge is 2.47. The maximum atomic E-state index is 14.8. The summed E-state index contributed by atoms with van der Waals surface area (Å²) in [6.45, 7) is 5.94. The van der Waals surface area contributed by atoms with Gasteiger partial charge in [-0.3, -0.25) is 15.1 Å². The molecule has 8 nitrogen and oxygen atoms in total. The molecular formula is C24H27F3N4O4. The second kappa shape index (κ2) is 10.4. The van der Waals surface area contributed by atoms with Crippen molar-refractivity contribution in [2.45, 2.75) is 51.7 Å². The zero-order chi connectivity index (χ0) is 25.8. The van der Waals surface area contributed by atoms with E-state index in [0.29, 0.717) is 0 Å². The number of hydrogen-bond acceptors (Lipinski definition) is 6. The molecule has 0 saturated heterocycles. The van der Waals surface area contributed by atoms with Crippen molar-refractivity contribution in [1.29, 1.82) is 0 Å². The van der Waals surface area contributed by atoms with Crippen molar-refractivity contribution >= 4 is 23.5 Å². The summed E-state index contributed by atoms with van der Waals surface area (Å²) in [6, 6.07) is 6.55. The molecule has 0 spiro atoms. The molecule has 2 aromatic rings. The number of amides is 2. The van der Waals surface area contributed by atoms with E-state index in [1.165, 1.54) is 12.1 Å². The number of nitrogens with one attached hydrogen (secondary N) is 2. The number of pyridine rings is 1. The van der Waals surface area contributed by atoms with Gasteiger partial charge in [-0.15, -0.1) is 0 Å². The molecule has 3 rings (SSSR count). The maximum Gasteiger partial charge on any atom is 0.413 e. The average molecular weight is 492 g/mol. The van der Waals surface area contributed by atoms with E-state index in [1.54, 1.807) is 33.0 Å². The van der Waals surface area contributed by atoms with Gasteiger partial charge in [0, 0.05) is 17.4 Å². The fraction of sp³-hybridized carbons (Fsp3) is 0.417. The highest BCUT2D eigenvalue weighted by atomic mass is 19.3. The number of carbonyl (C=O) groups excluding carboxylic acids is 2. The normalized spacial score (nSPS) is 18.1. The van der Waals surface area contributed by atoms with Crippen LogP contribution in [0.1, 0.15) is 49.3 Å². The molecule has 0 aliphatic carbocycles. The van der Waals surface area contributed by atoms with Gasteiger partial charge in [0.05, 0.1) is 6.61 Å². The highest BCUT2D eigenvalue weighted by Crippen LogP contribution is 2.38. The SMILES string of the molecule is CCc1ccc(C(=O)Nc2ccc(F)c([C@]3(C(F)F)COCC(NC(=O)OC(C)(C)C)=N3)c2)nc1. The summed E-state index contributed by atoms with van der Waals surface area (Å²) in [6.07, 6.45) is -1.79. The van der Waals surface area contributed by atoms with Crippen molar-refractivity contribution in [3.05, 3.63) is 59.2 Å². The van der Waals surface area contributed by atoms with Crippen LogP contribution in [-0.4, -0.2) is 48.1 Å². The van der Waals surface area contributed by atoms with Crippen LogP contribution in [0.25, 0.3) is 0 Å². The van der Waals surface area contributed by atoms with Gasteiger partial charge in [0.2, 0.25) is 0 Å². The molecule has 1 atom stereocenters. The number of benzene rings is 1. The van der Waals surface area contributed by atoms with Gasteiger partial charge in [-0.25, -0.2) is 23.0 Å². The Hall–Kier alpha value is -3.47. The van der Waals surface area contributed by atoms with Crippen LogP contribution in [0.4, 0.5) is 23.7 Å². The molecule has 1 aromatic heterocycles. The van der Waals surface area contributed by atoms with Crippen LogP contribution in [0.2, 0.25) is 0 Å². The van der Waals surface area contributed by atoms with Gasteiger partial charge in [0.1, 0.15) is 29.6 Å². The van der Waals surface area contributed by atoms with E-state index < -0.39 is 47.6 Å². The van der Waals surface area contributed by atoms with Crippen LogP contribution >= 0.6 is 0 Å². The summed E-state index contributed by atoms with van der Waals surface area (Å²) in [7, 11) is 0. The first kappa shape index (κ1) is 26.1. The maximum absolute atomic E-state index is 14.8. The van der Waals surface area contributed by atoms with E-state index in [9.17, 15) is 22.8 Å². The number of aryl methyl sites for hydroxylation is 1. The minimum absolute atomic E-state index is 0.0650. The van der Waals surface area contributed by atoms with Gasteiger partial charge < -0.3 is 14.8 Å². The third kappa shape index (κ3) is 6.36. The van der Waals surface area contributed by atoms with Crippen LogP contribution < -0.4 is 10.6 Å². The number of anilines is 1. The monoisotopic (exact) mass is 492 g/mol. The minimum atomic E-state index is -3.19. The van der Waals surface area contributed by atoms with E-state index in [2.05, 4.69) is 20.6 Å².